The minimum absolute atomic E-state index is 1.11. The van der Waals surface area contributed by atoms with Crippen LogP contribution in [0.1, 0.15) is 0 Å². The van der Waals surface area contributed by atoms with Crippen LogP contribution in [0.25, 0.3) is 75.1 Å². The third-order valence-electron chi connectivity index (χ3n) is 10.2. The first-order valence-electron chi connectivity index (χ1n) is 17.7. The number of hydrogen-bond donors (Lipinski definition) is 0. The molecule has 0 amide bonds. The zero-order valence-electron chi connectivity index (χ0n) is 28.4. The SMILES string of the molecule is c1ccc(-c2ccc(N(c3ccc(-c4ccc5cc6c(cc5c4)sc4ccccc46)cc3)c3ccccc3-c3ccc4ccccc4c3)cc2)cc1. The number of thiophene rings is 1. The second-order valence-electron chi connectivity index (χ2n) is 13.4. The molecule has 0 atom stereocenters. The summed E-state index contributed by atoms with van der Waals surface area (Å²) in [7, 11) is 0. The molecule has 0 aliphatic rings. The highest BCUT2D eigenvalue weighted by Crippen LogP contribution is 2.43. The van der Waals surface area contributed by atoms with Crippen molar-refractivity contribution in [3.63, 3.8) is 0 Å². The first kappa shape index (κ1) is 30.4. The lowest BCUT2D eigenvalue weighted by Gasteiger charge is -2.28. The highest BCUT2D eigenvalue weighted by molar-refractivity contribution is 7.25. The molecule has 10 rings (SSSR count). The van der Waals surface area contributed by atoms with Crippen LogP contribution < -0.4 is 4.90 Å². The van der Waals surface area contributed by atoms with E-state index in [1.807, 2.05) is 11.3 Å². The second kappa shape index (κ2) is 12.7. The maximum absolute atomic E-state index is 2.39. The standard InChI is InChI=1S/C50H33NS/c1-2-10-34(11-3-1)36-22-26-43(27-23-36)51(48-16-8-6-14-45(48)41-21-18-35-12-4-5-13-38(35)30-41)44-28-24-37(25-29-44)39-19-20-40-32-47-46-15-7-9-17-49(46)52-50(47)33-42(40)31-39/h1-33H. The van der Waals surface area contributed by atoms with E-state index in [9.17, 15) is 0 Å². The van der Waals surface area contributed by atoms with Crippen LogP contribution in [0, 0.1) is 0 Å². The molecule has 52 heavy (non-hydrogen) atoms. The predicted octanol–water partition coefficient (Wildman–Crippen LogP) is 14.8. The summed E-state index contributed by atoms with van der Waals surface area (Å²) < 4.78 is 2.67. The van der Waals surface area contributed by atoms with E-state index in [0.29, 0.717) is 0 Å². The largest absolute Gasteiger partial charge is 0.310 e. The Morgan fingerprint density at radius 2 is 0.865 bits per heavy atom. The molecule has 0 aliphatic heterocycles. The third-order valence-corrected chi connectivity index (χ3v) is 11.4. The van der Waals surface area contributed by atoms with Gasteiger partial charge in [0, 0.05) is 37.1 Å². The molecule has 0 aliphatic carbocycles. The minimum Gasteiger partial charge on any atom is -0.310 e. The van der Waals surface area contributed by atoms with Crippen molar-refractivity contribution in [2.45, 2.75) is 0 Å². The van der Waals surface area contributed by atoms with Crippen LogP contribution in [0.3, 0.4) is 0 Å². The van der Waals surface area contributed by atoms with Gasteiger partial charge in [-0.05, 0) is 110 Å². The number of nitrogens with zero attached hydrogens (tertiary/aromatic N) is 1. The van der Waals surface area contributed by atoms with Crippen molar-refractivity contribution in [1.29, 1.82) is 0 Å². The molecule has 244 valence electrons. The van der Waals surface area contributed by atoms with Gasteiger partial charge in [0.15, 0.2) is 0 Å². The number of rotatable bonds is 6. The van der Waals surface area contributed by atoms with E-state index in [2.05, 4.69) is 205 Å². The monoisotopic (exact) mass is 679 g/mol. The van der Waals surface area contributed by atoms with Gasteiger partial charge in [-0.15, -0.1) is 11.3 Å². The normalized spacial score (nSPS) is 11.5. The van der Waals surface area contributed by atoms with Crippen molar-refractivity contribution in [3.8, 4) is 33.4 Å². The van der Waals surface area contributed by atoms with Crippen molar-refractivity contribution >= 4 is 70.1 Å². The average molecular weight is 680 g/mol. The Labute approximate surface area is 307 Å². The van der Waals surface area contributed by atoms with Gasteiger partial charge in [0.2, 0.25) is 0 Å². The fourth-order valence-corrected chi connectivity index (χ4v) is 8.72. The van der Waals surface area contributed by atoms with Crippen LogP contribution in [-0.4, -0.2) is 0 Å². The second-order valence-corrected chi connectivity index (χ2v) is 14.5. The van der Waals surface area contributed by atoms with Gasteiger partial charge < -0.3 is 4.90 Å². The van der Waals surface area contributed by atoms with Crippen LogP contribution in [0.15, 0.2) is 200 Å². The first-order chi connectivity index (χ1) is 25.7. The van der Waals surface area contributed by atoms with Gasteiger partial charge in [-0.2, -0.15) is 0 Å². The molecule has 1 heterocycles. The van der Waals surface area contributed by atoms with Gasteiger partial charge >= 0.3 is 0 Å². The number of anilines is 3. The van der Waals surface area contributed by atoms with E-state index in [4.69, 9.17) is 0 Å². The summed E-state index contributed by atoms with van der Waals surface area (Å²) >= 11 is 1.87. The summed E-state index contributed by atoms with van der Waals surface area (Å²) in [5, 5.41) is 7.70. The van der Waals surface area contributed by atoms with Crippen LogP contribution in [0.5, 0.6) is 0 Å². The van der Waals surface area contributed by atoms with Crippen molar-refractivity contribution in [2.24, 2.45) is 0 Å². The molecule has 0 radical (unpaired) electrons. The van der Waals surface area contributed by atoms with E-state index >= 15 is 0 Å². The van der Waals surface area contributed by atoms with Crippen molar-refractivity contribution in [1.82, 2.24) is 0 Å². The Balaban J connectivity index is 1.07. The molecular weight excluding hydrogens is 647 g/mol. The third kappa shape index (κ3) is 5.42. The summed E-state index contributed by atoms with van der Waals surface area (Å²) in [6.07, 6.45) is 0. The van der Waals surface area contributed by atoms with Crippen LogP contribution in [-0.2, 0) is 0 Å². The van der Waals surface area contributed by atoms with Crippen molar-refractivity contribution in [2.75, 3.05) is 4.90 Å². The number of hydrogen-bond acceptors (Lipinski definition) is 2. The molecule has 9 aromatic carbocycles. The number of benzene rings is 9. The Morgan fingerprint density at radius 1 is 0.308 bits per heavy atom. The average Bonchev–Trinajstić information content (AvgIpc) is 3.58. The molecule has 0 saturated heterocycles. The van der Waals surface area contributed by atoms with E-state index in [0.717, 1.165) is 17.1 Å². The van der Waals surface area contributed by atoms with Gasteiger partial charge in [-0.1, -0.05) is 140 Å². The van der Waals surface area contributed by atoms with E-state index in [-0.39, 0.29) is 0 Å². The van der Waals surface area contributed by atoms with Gasteiger partial charge in [0.1, 0.15) is 0 Å². The van der Waals surface area contributed by atoms with Crippen LogP contribution in [0.4, 0.5) is 17.1 Å². The van der Waals surface area contributed by atoms with Gasteiger partial charge in [0.25, 0.3) is 0 Å². The van der Waals surface area contributed by atoms with Gasteiger partial charge in [-0.3, -0.25) is 0 Å². The van der Waals surface area contributed by atoms with Crippen LogP contribution in [0.2, 0.25) is 0 Å². The lowest BCUT2D eigenvalue weighted by atomic mass is 9.97. The van der Waals surface area contributed by atoms with E-state index < -0.39 is 0 Å². The zero-order chi connectivity index (χ0) is 34.4. The van der Waals surface area contributed by atoms with E-state index in [1.165, 1.54) is 75.1 Å². The Hall–Kier alpha value is -6.48. The zero-order valence-corrected chi connectivity index (χ0v) is 29.2. The fourth-order valence-electron chi connectivity index (χ4n) is 7.58. The Bertz CT molecular complexity index is 2890. The molecule has 1 nitrogen and oxygen atoms in total. The van der Waals surface area contributed by atoms with Crippen molar-refractivity contribution < 1.29 is 0 Å². The Kier molecular flexibility index (Phi) is 7.41. The summed E-state index contributed by atoms with van der Waals surface area (Å²) in [6, 6.07) is 73.0. The summed E-state index contributed by atoms with van der Waals surface area (Å²) in [5.74, 6) is 0. The van der Waals surface area contributed by atoms with Gasteiger partial charge in [0.05, 0.1) is 5.69 Å². The molecular formula is C50H33NS. The topological polar surface area (TPSA) is 3.24 Å². The summed E-state index contributed by atoms with van der Waals surface area (Å²) in [6.45, 7) is 0. The Morgan fingerprint density at radius 3 is 1.67 bits per heavy atom. The van der Waals surface area contributed by atoms with Crippen molar-refractivity contribution in [3.05, 3.63) is 200 Å². The number of fused-ring (bicyclic) bond motifs is 5. The number of para-hydroxylation sites is 1. The molecule has 1 aromatic heterocycles. The first-order valence-corrected chi connectivity index (χ1v) is 18.6. The lowest BCUT2D eigenvalue weighted by molar-refractivity contribution is 1.28. The predicted molar refractivity (Wildman–Crippen MR) is 225 cm³/mol. The maximum atomic E-state index is 2.39. The molecule has 0 fully saturated rings. The molecule has 0 N–H and O–H groups in total. The van der Waals surface area contributed by atoms with Gasteiger partial charge in [-0.25, -0.2) is 0 Å². The minimum atomic E-state index is 1.11. The highest BCUT2D eigenvalue weighted by Gasteiger charge is 2.18. The summed E-state index contributed by atoms with van der Waals surface area (Å²) in [4.78, 5) is 2.39. The summed E-state index contributed by atoms with van der Waals surface area (Å²) in [5.41, 5.74) is 10.6. The smallest absolute Gasteiger partial charge is 0.0540 e. The van der Waals surface area contributed by atoms with E-state index in [1.54, 1.807) is 0 Å². The maximum Gasteiger partial charge on any atom is 0.0540 e. The molecule has 0 spiro atoms. The molecule has 10 aromatic rings. The van der Waals surface area contributed by atoms with Crippen LogP contribution >= 0.6 is 11.3 Å². The molecule has 2 heteroatoms. The quantitative estimate of drug-likeness (QED) is 0.169. The highest BCUT2D eigenvalue weighted by atomic mass is 32.1. The lowest BCUT2D eigenvalue weighted by Crippen LogP contribution is -2.11. The molecule has 0 bridgehead atoms. The molecule has 0 saturated carbocycles. The molecule has 0 unspecified atom stereocenters. The fraction of sp³-hybridized carbons (Fsp3) is 0.